The molecule has 2 heterocycles. The maximum Gasteiger partial charge on any atom is 0.293 e. The quantitative estimate of drug-likeness (QED) is 0.589. The number of aromatic nitrogens is 3. The smallest absolute Gasteiger partial charge is 0.293 e. The molecule has 4 rings (SSSR count). The Kier molecular flexibility index (Phi) is 6.74. The third-order valence-electron chi connectivity index (χ3n) is 5.62. The lowest BCUT2D eigenvalue weighted by Gasteiger charge is -2.33. The number of benzene rings is 2. The van der Waals surface area contributed by atoms with Gasteiger partial charge in [0.05, 0.1) is 12.3 Å². The summed E-state index contributed by atoms with van der Waals surface area (Å²) >= 11 is 0. The van der Waals surface area contributed by atoms with Gasteiger partial charge in [-0.3, -0.25) is 9.69 Å². The minimum atomic E-state index is -0.105. The van der Waals surface area contributed by atoms with Gasteiger partial charge in [-0.1, -0.05) is 48.0 Å². The van der Waals surface area contributed by atoms with Gasteiger partial charge in [-0.05, 0) is 24.6 Å². The summed E-state index contributed by atoms with van der Waals surface area (Å²) in [6.07, 6.45) is 0.611. The van der Waals surface area contributed by atoms with Crippen molar-refractivity contribution in [2.24, 2.45) is 0 Å². The van der Waals surface area contributed by atoms with Crippen LogP contribution >= 0.6 is 0 Å². The zero-order chi connectivity index (χ0) is 21.6. The maximum absolute atomic E-state index is 13.2. The Morgan fingerprint density at radius 2 is 1.71 bits per heavy atom. The van der Waals surface area contributed by atoms with E-state index in [1.807, 2.05) is 47.4 Å². The van der Waals surface area contributed by atoms with E-state index < -0.39 is 0 Å². The number of hydrogen-bond acceptors (Lipinski definition) is 5. The summed E-state index contributed by atoms with van der Waals surface area (Å²) in [5.74, 6) is 0.917. The Balaban J connectivity index is 1.56. The van der Waals surface area contributed by atoms with Crippen molar-refractivity contribution < 1.29 is 9.53 Å². The molecule has 31 heavy (non-hydrogen) atoms. The van der Waals surface area contributed by atoms with Crippen molar-refractivity contribution >= 4 is 5.91 Å². The Labute approximate surface area is 183 Å². The Hall–Kier alpha value is -3.03. The fourth-order valence-electron chi connectivity index (χ4n) is 3.76. The number of carbonyl (C=O) groups is 1. The zero-order valence-electron chi connectivity index (χ0n) is 18.2. The van der Waals surface area contributed by atoms with Gasteiger partial charge >= 0.3 is 0 Å². The SMILES string of the molecule is COCCN1CCN(C(=O)c2nc(Cc3ccccc3)n(-c3ccc(C)cc3)n2)CC1. The number of nitrogens with zero attached hydrogens (tertiary/aromatic N) is 5. The van der Waals surface area contributed by atoms with Gasteiger partial charge < -0.3 is 9.64 Å². The van der Waals surface area contributed by atoms with Gasteiger partial charge in [0.15, 0.2) is 0 Å². The van der Waals surface area contributed by atoms with E-state index in [4.69, 9.17) is 4.74 Å². The third-order valence-corrected chi connectivity index (χ3v) is 5.62. The summed E-state index contributed by atoms with van der Waals surface area (Å²) in [4.78, 5) is 22.0. The van der Waals surface area contributed by atoms with Crippen LogP contribution in [0.25, 0.3) is 5.69 Å². The normalized spacial score (nSPS) is 14.7. The minimum Gasteiger partial charge on any atom is -0.383 e. The lowest BCUT2D eigenvalue weighted by molar-refractivity contribution is 0.0583. The summed E-state index contributed by atoms with van der Waals surface area (Å²) in [7, 11) is 1.71. The number of aryl methyl sites for hydroxylation is 1. The van der Waals surface area contributed by atoms with Crippen LogP contribution in [-0.2, 0) is 11.2 Å². The molecule has 1 fully saturated rings. The van der Waals surface area contributed by atoms with Crippen LogP contribution in [-0.4, -0.2) is 76.9 Å². The standard InChI is InChI=1S/C24H29N5O2/c1-19-8-10-21(11-9-19)29-22(18-20-6-4-3-5-7-20)25-23(26-29)24(30)28-14-12-27(13-15-28)16-17-31-2/h3-11H,12-18H2,1-2H3. The molecule has 1 aromatic heterocycles. The summed E-state index contributed by atoms with van der Waals surface area (Å²) < 4.78 is 6.96. The largest absolute Gasteiger partial charge is 0.383 e. The molecule has 162 valence electrons. The predicted molar refractivity (Wildman–Crippen MR) is 120 cm³/mol. The molecule has 0 aliphatic carbocycles. The van der Waals surface area contributed by atoms with Crippen molar-refractivity contribution in [1.82, 2.24) is 24.6 Å². The zero-order valence-corrected chi connectivity index (χ0v) is 18.2. The fraction of sp³-hybridized carbons (Fsp3) is 0.375. The van der Waals surface area contributed by atoms with Crippen LogP contribution in [0.15, 0.2) is 54.6 Å². The maximum atomic E-state index is 13.2. The first-order valence-corrected chi connectivity index (χ1v) is 10.7. The van der Waals surface area contributed by atoms with Crippen LogP contribution < -0.4 is 0 Å². The first-order valence-electron chi connectivity index (χ1n) is 10.7. The molecule has 7 nitrogen and oxygen atoms in total. The molecule has 0 saturated carbocycles. The average Bonchev–Trinajstić information content (AvgIpc) is 3.22. The van der Waals surface area contributed by atoms with Crippen LogP contribution in [0.2, 0.25) is 0 Å². The summed E-state index contributed by atoms with van der Waals surface area (Å²) in [5, 5.41) is 4.63. The Bertz CT molecular complexity index is 993. The molecule has 0 spiro atoms. The highest BCUT2D eigenvalue weighted by molar-refractivity contribution is 5.90. The van der Waals surface area contributed by atoms with E-state index >= 15 is 0 Å². The van der Waals surface area contributed by atoms with Crippen LogP contribution in [0.1, 0.15) is 27.6 Å². The first kappa shape index (κ1) is 21.2. The van der Waals surface area contributed by atoms with Crippen molar-refractivity contribution in [3.05, 3.63) is 77.4 Å². The molecule has 0 bridgehead atoms. The molecule has 0 atom stereocenters. The van der Waals surface area contributed by atoms with Gasteiger partial charge in [0.2, 0.25) is 5.82 Å². The van der Waals surface area contributed by atoms with Gasteiger partial charge in [0, 0.05) is 46.3 Å². The van der Waals surface area contributed by atoms with Crippen molar-refractivity contribution in [2.75, 3.05) is 46.4 Å². The lowest BCUT2D eigenvalue weighted by Crippen LogP contribution is -2.49. The molecule has 0 unspecified atom stereocenters. The highest BCUT2D eigenvalue weighted by atomic mass is 16.5. The number of hydrogen-bond donors (Lipinski definition) is 0. The van der Waals surface area contributed by atoms with Crippen molar-refractivity contribution in [1.29, 1.82) is 0 Å². The van der Waals surface area contributed by atoms with E-state index in [0.29, 0.717) is 26.1 Å². The molecule has 2 aromatic carbocycles. The number of piperazine rings is 1. The molecule has 3 aromatic rings. The topological polar surface area (TPSA) is 63.5 Å². The predicted octanol–water partition coefficient (Wildman–Crippen LogP) is 2.57. The fourth-order valence-corrected chi connectivity index (χ4v) is 3.76. The van der Waals surface area contributed by atoms with E-state index in [1.165, 1.54) is 5.56 Å². The molecule has 1 aliphatic rings. The number of rotatable bonds is 7. The molecular formula is C24H29N5O2. The molecule has 7 heteroatoms. The van der Waals surface area contributed by atoms with E-state index in [9.17, 15) is 4.79 Å². The minimum absolute atomic E-state index is 0.105. The highest BCUT2D eigenvalue weighted by Gasteiger charge is 2.26. The second-order valence-corrected chi connectivity index (χ2v) is 7.89. The second-order valence-electron chi connectivity index (χ2n) is 7.89. The molecule has 1 aliphatic heterocycles. The Morgan fingerprint density at radius 1 is 1.00 bits per heavy atom. The molecule has 0 N–H and O–H groups in total. The highest BCUT2D eigenvalue weighted by Crippen LogP contribution is 2.16. The van der Waals surface area contributed by atoms with Gasteiger partial charge in [0.25, 0.3) is 5.91 Å². The molecular weight excluding hydrogens is 390 g/mol. The van der Waals surface area contributed by atoms with Gasteiger partial charge in [-0.25, -0.2) is 9.67 Å². The lowest BCUT2D eigenvalue weighted by atomic mass is 10.1. The molecule has 0 radical (unpaired) electrons. The summed E-state index contributed by atoms with van der Waals surface area (Å²) in [6.45, 7) is 6.68. The summed E-state index contributed by atoms with van der Waals surface area (Å²) in [5.41, 5.74) is 3.22. The Morgan fingerprint density at radius 3 is 2.39 bits per heavy atom. The first-order chi connectivity index (χ1) is 15.1. The average molecular weight is 420 g/mol. The van der Waals surface area contributed by atoms with Crippen molar-refractivity contribution in [3.63, 3.8) is 0 Å². The monoisotopic (exact) mass is 419 g/mol. The van der Waals surface area contributed by atoms with Crippen LogP contribution in [0, 0.1) is 6.92 Å². The number of amides is 1. The van der Waals surface area contributed by atoms with Gasteiger partial charge in [-0.2, -0.15) is 0 Å². The van der Waals surface area contributed by atoms with E-state index in [-0.39, 0.29) is 11.7 Å². The van der Waals surface area contributed by atoms with Crippen molar-refractivity contribution in [3.8, 4) is 5.69 Å². The van der Waals surface area contributed by atoms with Crippen LogP contribution in [0.5, 0.6) is 0 Å². The van der Waals surface area contributed by atoms with Gasteiger partial charge in [0.1, 0.15) is 5.82 Å². The number of ether oxygens (including phenoxy) is 1. The number of carbonyl (C=O) groups excluding carboxylic acids is 1. The summed E-state index contributed by atoms with van der Waals surface area (Å²) in [6, 6.07) is 18.3. The number of methoxy groups -OCH3 is 1. The third kappa shape index (κ3) is 5.18. The van der Waals surface area contributed by atoms with Crippen LogP contribution in [0.4, 0.5) is 0 Å². The van der Waals surface area contributed by atoms with E-state index in [2.05, 4.69) is 34.0 Å². The van der Waals surface area contributed by atoms with E-state index in [1.54, 1.807) is 11.8 Å². The van der Waals surface area contributed by atoms with Crippen LogP contribution in [0.3, 0.4) is 0 Å². The molecule has 1 saturated heterocycles. The van der Waals surface area contributed by atoms with E-state index in [0.717, 1.165) is 36.7 Å². The van der Waals surface area contributed by atoms with Crippen molar-refractivity contribution in [2.45, 2.75) is 13.3 Å². The molecule has 1 amide bonds. The second kappa shape index (κ2) is 9.85. The van der Waals surface area contributed by atoms with Gasteiger partial charge in [-0.15, -0.1) is 5.10 Å².